The van der Waals surface area contributed by atoms with Crippen LogP contribution in [0.5, 0.6) is 5.75 Å². The fourth-order valence-electron chi connectivity index (χ4n) is 2.06. The van der Waals surface area contributed by atoms with Crippen molar-refractivity contribution in [2.24, 2.45) is 0 Å². The Labute approximate surface area is 118 Å². The van der Waals surface area contributed by atoms with Crippen molar-refractivity contribution in [3.05, 3.63) is 46.8 Å². The summed E-state index contributed by atoms with van der Waals surface area (Å²) < 4.78 is 10.1. The number of ether oxygens (including phenoxy) is 1. The number of rotatable bonds is 4. The van der Waals surface area contributed by atoms with Gasteiger partial charge in [-0.3, -0.25) is 4.79 Å². The molecular weight excluding hydrogens is 256 g/mol. The van der Waals surface area contributed by atoms with Gasteiger partial charge in [-0.2, -0.15) is 0 Å². The first-order valence-corrected chi connectivity index (χ1v) is 6.34. The number of aromatic nitrogens is 1. The monoisotopic (exact) mass is 274 g/mol. The molecule has 0 aliphatic rings. The lowest BCUT2D eigenvalue weighted by molar-refractivity contribution is 0.0782. The van der Waals surface area contributed by atoms with Crippen molar-refractivity contribution in [1.82, 2.24) is 10.1 Å². The number of hydrogen-bond donors (Lipinski definition) is 0. The Kier molecular flexibility index (Phi) is 4.08. The van der Waals surface area contributed by atoms with Crippen LogP contribution in [0, 0.1) is 13.8 Å². The van der Waals surface area contributed by atoms with Gasteiger partial charge in [0.2, 0.25) is 0 Å². The molecule has 0 aliphatic heterocycles. The summed E-state index contributed by atoms with van der Waals surface area (Å²) in [5, 5.41) is 3.81. The lowest BCUT2D eigenvalue weighted by Gasteiger charge is -2.17. The van der Waals surface area contributed by atoms with Gasteiger partial charge in [0.1, 0.15) is 17.1 Å². The topological polar surface area (TPSA) is 55.6 Å². The van der Waals surface area contributed by atoms with E-state index in [4.69, 9.17) is 9.26 Å². The number of carbonyl (C=O) groups is 1. The van der Waals surface area contributed by atoms with E-state index in [1.54, 1.807) is 32.9 Å². The maximum atomic E-state index is 12.4. The molecule has 1 amide bonds. The lowest BCUT2D eigenvalue weighted by Crippen LogP contribution is -2.27. The normalized spacial score (nSPS) is 10.4. The van der Waals surface area contributed by atoms with E-state index in [-0.39, 0.29) is 5.91 Å². The number of nitrogens with zero attached hydrogens (tertiary/aromatic N) is 2. The van der Waals surface area contributed by atoms with Crippen molar-refractivity contribution in [2.45, 2.75) is 20.4 Å². The Morgan fingerprint density at radius 2 is 1.95 bits per heavy atom. The Morgan fingerprint density at radius 3 is 2.45 bits per heavy atom. The Morgan fingerprint density at radius 1 is 1.30 bits per heavy atom. The summed E-state index contributed by atoms with van der Waals surface area (Å²) in [6.07, 6.45) is 0. The summed E-state index contributed by atoms with van der Waals surface area (Å²) in [6.45, 7) is 4.03. The van der Waals surface area contributed by atoms with Crippen LogP contribution in [0.4, 0.5) is 0 Å². The summed E-state index contributed by atoms with van der Waals surface area (Å²) in [6, 6.07) is 7.64. The average molecular weight is 274 g/mol. The highest BCUT2D eigenvalue weighted by molar-refractivity contribution is 5.95. The number of amides is 1. The van der Waals surface area contributed by atoms with Gasteiger partial charge in [-0.05, 0) is 31.5 Å². The van der Waals surface area contributed by atoms with Crippen molar-refractivity contribution < 1.29 is 14.1 Å². The molecule has 0 fully saturated rings. The minimum Gasteiger partial charge on any atom is -0.497 e. The molecule has 0 radical (unpaired) electrons. The molecule has 0 atom stereocenters. The minimum atomic E-state index is -0.0860. The third-order valence-electron chi connectivity index (χ3n) is 3.17. The van der Waals surface area contributed by atoms with Gasteiger partial charge in [-0.15, -0.1) is 0 Å². The van der Waals surface area contributed by atoms with Gasteiger partial charge < -0.3 is 14.2 Å². The Bertz CT molecular complexity index is 583. The zero-order chi connectivity index (χ0) is 14.7. The highest BCUT2D eigenvalue weighted by atomic mass is 16.5. The van der Waals surface area contributed by atoms with Gasteiger partial charge in [-0.1, -0.05) is 17.3 Å². The van der Waals surface area contributed by atoms with Crippen molar-refractivity contribution in [2.75, 3.05) is 14.2 Å². The predicted octanol–water partition coefficient (Wildman–Crippen LogP) is 2.57. The first-order chi connectivity index (χ1) is 9.52. The van der Waals surface area contributed by atoms with Gasteiger partial charge >= 0.3 is 0 Å². The first kappa shape index (κ1) is 14.1. The van der Waals surface area contributed by atoms with Crippen LogP contribution in [0.1, 0.15) is 27.4 Å². The number of benzene rings is 1. The van der Waals surface area contributed by atoms with Crippen LogP contribution in [0.2, 0.25) is 0 Å². The van der Waals surface area contributed by atoms with Crippen molar-refractivity contribution >= 4 is 5.91 Å². The molecule has 0 spiro atoms. The SMILES string of the molecule is COc1ccc(CN(C)C(=O)c2c(C)noc2C)cc1. The molecule has 5 nitrogen and oxygen atoms in total. The van der Waals surface area contributed by atoms with Crippen LogP contribution >= 0.6 is 0 Å². The van der Waals surface area contributed by atoms with Crippen LogP contribution < -0.4 is 4.74 Å². The predicted molar refractivity (Wildman–Crippen MR) is 74.8 cm³/mol. The zero-order valence-corrected chi connectivity index (χ0v) is 12.1. The van der Waals surface area contributed by atoms with Crippen molar-refractivity contribution in [1.29, 1.82) is 0 Å². The van der Waals surface area contributed by atoms with E-state index in [1.807, 2.05) is 24.3 Å². The van der Waals surface area contributed by atoms with Gasteiger partial charge in [-0.25, -0.2) is 0 Å². The third-order valence-corrected chi connectivity index (χ3v) is 3.17. The maximum Gasteiger partial charge on any atom is 0.259 e. The zero-order valence-electron chi connectivity index (χ0n) is 12.1. The molecule has 0 aliphatic carbocycles. The molecule has 5 heteroatoms. The highest BCUT2D eigenvalue weighted by Crippen LogP contribution is 2.17. The number of aryl methyl sites for hydroxylation is 2. The van der Waals surface area contributed by atoms with Gasteiger partial charge in [0.25, 0.3) is 5.91 Å². The molecule has 0 unspecified atom stereocenters. The first-order valence-electron chi connectivity index (χ1n) is 6.34. The van der Waals surface area contributed by atoms with E-state index in [9.17, 15) is 4.79 Å². The second-order valence-corrected chi connectivity index (χ2v) is 4.71. The quantitative estimate of drug-likeness (QED) is 0.859. The summed E-state index contributed by atoms with van der Waals surface area (Å²) >= 11 is 0. The summed E-state index contributed by atoms with van der Waals surface area (Å²) in [5.41, 5.74) is 2.20. The molecule has 2 rings (SSSR count). The Balaban J connectivity index is 2.11. The third kappa shape index (κ3) is 2.82. The lowest BCUT2D eigenvalue weighted by atomic mass is 10.1. The molecule has 1 aromatic heterocycles. The highest BCUT2D eigenvalue weighted by Gasteiger charge is 2.20. The van der Waals surface area contributed by atoms with E-state index < -0.39 is 0 Å². The molecule has 1 aromatic carbocycles. The molecule has 2 aromatic rings. The van der Waals surface area contributed by atoms with Crippen molar-refractivity contribution in [3.8, 4) is 5.75 Å². The standard InChI is InChI=1S/C15H18N2O3/c1-10-14(11(2)20-16-10)15(18)17(3)9-12-5-7-13(19-4)8-6-12/h5-8H,9H2,1-4H3. The fourth-order valence-corrected chi connectivity index (χ4v) is 2.06. The largest absolute Gasteiger partial charge is 0.497 e. The van der Waals surface area contributed by atoms with Crippen LogP contribution in [0.25, 0.3) is 0 Å². The summed E-state index contributed by atoms with van der Waals surface area (Å²) in [5.74, 6) is 1.26. The second kappa shape index (κ2) is 5.77. The summed E-state index contributed by atoms with van der Waals surface area (Å²) in [7, 11) is 3.39. The molecule has 20 heavy (non-hydrogen) atoms. The maximum absolute atomic E-state index is 12.4. The summed E-state index contributed by atoms with van der Waals surface area (Å²) in [4.78, 5) is 14.0. The second-order valence-electron chi connectivity index (χ2n) is 4.71. The van der Waals surface area contributed by atoms with Gasteiger partial charge in [0, 0.05) is 13.6 Å². The average Bonchev–Trinajstić information content (AvgIpc) is 2.78. The molecule has 106 valence electrons. The van der Waals surface area contributed by atoms with E-state index >= 15 is 0 Å². The van der Waals surface area contributed by atoms with Gasteiger partial charge in [0.05, 0.1) is 12.8 Å². The van der Waals surface area contributed by atoms with Crippen LogP contribution in [0.3, 0.4) is 0 Å². The smallest absolute Gasteiger partial charge is 0.259 e. The molecule has 0 saturated carbocycles. The molecular formula is C15H18N2O3. The van der Waals surface area contributed by atoms with Crippen LogP contribution in [-0.4, -0.2) is 30.1 Å². The number of carbonyl (C=O) groups excluding carboxylic acids is 1. The van der Waals surface area contributed by atoms with E-state index in [0.717, 1.165) is 11.3 Å². The molecule has 0 saturated heterocycles. The number of hydrogen-bond acceptors (Lipinski definition) is 4. The van der Waals surface area contributed by atoms with Crippen LogP contribution in [0.15, 0.2) is 28.8 Å². The Hall–Kier alpha value is -2.30. The van der Waals surface area contributed by atoms with Crippen molar-refractivity contribution in [3.63, 3.8) is 0 Å². The van der Waals surface area contributed by atoms with E-state index in [2.05, 4.69) is 5.16 Å². The molecule has 0 N–H and O–H groups in total. The number of methoxy groups -OCH3 is 1. The molecule has 0 bridgehead atoms. The van der Waals surface area contributed by atoms with Crippen LogP contribution in [-0.2, 0) is 6.54 Å². The minimum absolute atomic E-state index is 0.0860. The van der Waals surface area contributed by atoms with Gasteiger partial charge in [0.15, 0.2) is 0 Å². The fraction of sp³-hybridized carbons (Fsp3) is 0.333. The van der Waals surface area contributed by atoms with E-state index in [0.29, 0.717) is 23.6 Å². The van der Waals surface area contributed by atoms with E-state index in [1.165, 1.54) is 0 Å². The molecule has 1 heterocycles.